The van der Waals surface area contributed by atoms with Crippen molar-refractivity contribution in [3.63, 3.8) is 0 Å². The van der Waals surface area contributed by atoms with Gasteiger partial charge in [-0.05, 0) is 43.7 Å². The fourth-order valence-corrected chi connectivity index (χ4v) is 3.97. The molecule has 3 amide bonds. The maximum absolute atomic E-state index is 12.9. The Balaban J connectivity index is 1.41. The van der Waals surface area contributed by atoms with Gasteiger partial charge < -0.3 is 20.9 Å². The summed E-state index contributed by atoms with van der Waals surface area (Å²) in [6.07, 6.45) is 4.39. The van der Waals surface area contributed by atoms with Crippen LogP contribution in [-0.2, 0) is 9.59 Å². The summed E-state index contributed by atoms with van der Waals surface area (Å²) in [6, 6.07) is 7.85. The van der Waals surface area contributed by atoms with Gasteiger partial charge in [0.1, 0.15) is 12.1 Å². The van der Waals surface area contributed by atoms with Crippen LogP contribution in [0.3, 0.4) is 0 Å². The SMILES string of the molecule is N#C[C@H](C[C@@H]1CCCNC1=O)NC(=O)[C@H](CC1CC1)NC(=O)c1nc2ccccc2[nH]1. The van der Waals surface area contributed by atoms with E-state index in [4.69, 9.17) is 0 Å². The topological polar surface area (TPSA) is 140 Å². The summed E-state index contributed by atoms with van der Waals surface area (Å²) in [6.45, 7) is 0.649. The van der Waals surface area contributed by atoms with E-state index in [1.807, 2.05) is 18.2 Å². The van der Waals surface area contributed by atoms with Crippen molar-refractivity contribution in [3.05, 3.63) is 30.1 Å². The number of benzene rings is 1. The van der Waals surface area contributed by atoms with E-state index < -0.39 is 23.9 Å². The van der Waals surface area contributed by atoms with Gasteiger partial charge in [0.15, 0.2) is 5.82 Å². The molecule has 2 heterocycles. The van der Waals surface area contributed by atoms with Crippen molar-refractivity contribution in [3.8, 4) is 6.07 Å². The van der Waals surface area contributed by atoms with E-state index >= 15 is 0 Å². The molecule has 9 heteroatoms. The Kier molecular flexibility index (Phi) is 6.16. The lowest BCUT2D eigenvalue weighted by atomic mass is 9.92. The minimum Gasteiger partial charge on any atom is -0.356 e. The predicted molar refractivity (Wildman–Crippen MR) is 113 cm³/mol. The highest BCUT2D eigenvalue weighted by molar-refractivity contribution is 5.97. The van der Waals surface area contributed by atoms with Gasteiger partial charge in [-0.25, -0.2) is 4.98 Å². The molecule has 1 saturated carbocycles. The minimum atomic E-state index is -0.786. The lowest BCUT2D eigenvalue weighted by Gasteiger charge is -2.25. The number of hydrogen-bond acceptors (Lipinski definition) is 5. The molecule has 31 heavy (non-hydrogen) atoms. The van der Waals surface area contributed by atoms with Crippen LogP contribution in [-0.4, -0.2) is 46.3 Å². The quantitative estimate of drug-likeness (QED) is 0.509. The number of amides is 3. The van der Waals surface area contributed by atoms with E-state index in [0.29, 0.717) is 30.8 Å². The number of H-pyrrole nitrogens is 1. The highest BCUT2D eigenvalue weighted by Gasteiger charge is 2.33. The zero-order valence-electron chi connectivity index (χ0n) is 17.2. The summed E-state index contributed by atoms with van der Waals surface area (Å²) in [5.74, 6) is -0.697. The van der Waals surface area contributed by atoms with Crippen molar-refractivity contribution < 1.29 is 14.4 Å². The molecular formula is C22H26N6O3. The first kappa shape index (κ1) is 20.8. The van der Waals surface area contributed by atoms with Gasteiger partial charge in [-0.15, -0.1) is 0 Å². The molecule has 9 nitrogen and oxygen atoms in total. The number of carbonyl (C=O) groups excluding carboxylic acids is 3. The van der Waals surface area contributed by atoms with Crippen molar-refractivity contribution in [2.75, 3.05) is 6.54 Å². The average Bonchev–Trinajstić information content (AvgIpc) is 3.48. The molecule has 2 aromatic rings. The minimum absolute atomic E-state index is 0.0755. The summed E-state index contributed by atoms with van der Waals surface area (Å²) in [5.41, 5.74) is 1.41. The second-order valence-corrected chi connectivity index (χ2v) is 8.36. The Hall–Kier alpha value is -3.41. The van der Waals surface area contributed by atoms with Crippen LogP contribution in [0.5, 0.6) is 0 Å². The Morgan fingerprint density at radius 1 is 1.19 bits per heavy atom. The van der Waals surface area contributed by atoms with Gasteiger partial charge in [0.05, 0.1) is 17.1 Å². The molecule has 1 aromatic carbocycles. The summed E-state index contributed by atoms with van der Waals surface area (Å²) < 4.78 is 0. The predicted octanol–water partition coefficient (Wildman–Crippen LogP) is 1.39. The average molecular weight is 422 g/mol. The Morgan fingerprint density at radius 2 is 2.00 bits per heavy atom. The molecule has 4 rings (SSSR count). The van der Waals surface area contributed by atoms with Crippen LogP contribution >= 0.6 is 0 Å². The number of carbonyl (C=O) groups is 3. The molecule has 0 spiro atoms. The van der Waals surface area contributed by atoms with Crippen LogP contribution in [0, 0.1) is 23.2 Å². The molecule has 1 aliphatic heterocycles. The van der Waals surface area contributed by atoms with Gasteiger partial charge >= 0.3 is 0 Å². The molecule has 1 saturated heterocycles. The second-order valence-electron chi connectivity index (χ2n) is 8.36. The Morgan fingerprint density at radius 3 is 2.71 bits per heavy atom. The van der Waals surface area contributed by atoms with Gasteiger partial charge in [-0.2, -0.15) is 5.26 Å². The summed E-state index contributed by atoms with van der Waals surface area (Å²) in [7, 11) is 0. The van der Waals surface area contributed by atoms with E-state index in [1.54, 1.807) is 6.07 Å². The zero-order chi connectivity index (χ0) is 21.8. The molecule has 162 valence electrons. The molecule has 1 aliphatic carbocycles. The first-order valence-electron chi connectivity index (χ1n) is 10.8. The van der Waals surface area contributed by atoms with Crippen LogP contribution in [0.2, 0.25) is 0 Å². The molecule has 2 fully saturated rings. The zero-order valence-corrected chi connectivity index (χ0v) is 17.2. The number of nitrogens with zero attached hydrogens (tertiary/aromatic N) is 2. The third kappa shape index (κ3) is 5.20. The molecule has 0 bridgehead atoms. The van der Waals surface area contributed by atoms with E-state index in [2.05, 4.69) is 32.0 Å². The molecule has 1 aromatic heterocycles. The van der Waals surface area contributed by atoms with E-state index in [1.165, 1.54) is 0 Å². The van der Waals surface area contributed by atoms with Gasteiger partial charge in [-0.1, -0.05) is 25.0 Å². The van der Waals surface area contributed by atoms with E-state index in [9.17, 15) is 19.6 Å². The van der Waals surface area contributed by atoms with Crippen molar-refractivity contribution in [1.29, 1.82) is 5.26 Å². The summed E-state index contributed by atoms with van der Waals surface area (Å²) in [4.78, 5) is 44.9. The van der Waals surface area contributed by atoms with Crippen molar-refractivity contribution in [2.45, 2.75) is 50.6 Å². The fourth-order valence-electron chi connectivity index (χ4n) is 3.97. The van der Waals surface area contributed by atoms with Crippen LogP contribution < -0.4 is 16.0 Å². The molecule has 0 radical (unpaired) electrons. The van der Waals surface area contributed by atoms with Crippen LogP contribution in [0.15, 0.2) is 24.3 Å². The normalized spacial score (nSPS) is 20.4. The standard InChI is InChI=1S/C22H26N6O3/c23-12-15(11-14-4-3-9-24-20(14)29)25-21(30)18(10-13-7-8-13)28-22(31)19-26-16-5-1-2-6-17(16)27-19/h1-2,5-6,13-15,18H,3-4,7-11H2,(H,24,29)(H,25,30)(H,26,27)(H,28,31)/t14-,15-,18-/m0/s1. The van der Waals surface area contributed by atoms with Gasteiger partial charge in [0, 0.05) is 12.5 Å². The van der Waals surface area contributed by atoms with E-state index in [-0.39, 0.29) is 24.1 Å². The maximum atomic E-state index is 12.9. The Labute approximate surface area is 180 Å². The largest absolute Gasteiger partial charge is 0.356 e. The number of nitrogens with one attached hydrogen (secondary N) is 4. The number of piperidine rings is 1. The highest BCUT2D eigenvalue weighted by Crippen LogP contribution is 2.33. The molecular weight excluding hydrogens is 396 g/mol. The van der Waals surface area contributed by atoms with Gasteiger partial charge in [-0.3, -0.25) is 14.4 Å². The first-order chi connectivity index (χ1) is 15.0. The molecule has 4 N–H and O–H groups in total. The smallest absolute Gasteiger partial charge is 0.287 e. The lowest BCUT2D eigenvalue weighted by Crippen LogP contribution is -2.50. The van der Waals surface area contributed by atoms with Gasteiger partial charge in [0.25, 0.3) is 5.91 Å². The monoisotopic (exact) mass is 422 g/mol. The van der Waals surface area contributed by atoms with Crippen molar-refractivity contribution >= 4 is 28.8 Å². The van der Waals surface area contributed by atoms with Crippen molar-refractivity contribution in [2.24, 2.45) is 11.8 Å². The number of fused-ring (bicyclic) bond motifs is 1. The third-order valence-corrected chi connectivity index (χ3v) is 5.88. The first-order valence-corrected chi connectivity index (χ1v) is 10.8. The molecule has 0 unspecified atom stereocenters. The number of aromatic nitrogens is 2. The number of imidazole rings is 1. The summed E-state index contributed by atoms with van der Waals surface area (Å²) >= 11 is 0. The molecule has 3 atom stereocenters. The Bertz CT molecular complexity index is 989. The van der Waals surface area contributed by atoms with Crippen molar-refractivity contribution in [1.82, 2.24) is 25.9 Å². The van der Waals surface area contributed by atoms with Crippen LogP contribution in [0.1, 0.15) is 49.1 Å². The van der Waals surface area contributed by atoms with Gasteiger partial charge in [0.2, 0.25) is 11.8 Å². The number of para-hydroxylation sites is 2. The van der Waals surface area contributed by atoms with E-state index in [0.717, 1.165) is 24.8 Å². The lowest BCUT2D eigenvalue weighted by molar-refractivity contribution is -0.128. The summed E-state index contributed by atoms with van der Waals surface area (Å²) in [5, 5.41) is 17.8. The second kappa shape index (κ2) is 9.16. The van der Waals surface area contributed by atoms with Crippen LogP contribution in [0.25, 0.3) is 11.0 Å². The number of nitriles is 1. The fraction of sp³-hybridized carbons (Fsp3) is 0.500. The number of hydrogen-bond donors (Lipinski definition) is 4. The third-order valence-electron chi connectivity index (χ3n) is 5.88. The maximum Gasteiger partial charge on any atom is 0.287 e. The van der Waals surface area contributed by atoms with Crippen LogP contribution in [0.4, 0.5) is 0 Å². The highest BCUT2D eigenvalue weighted by atomic mass is 16.2. The number of rotatable bonds is 8. The molecule has 2 aliphatic rings. The number of aromatic amines is 1.